The molecule has 0 saturated heterocycles. The van der Waals surface area contributed by atoms with Gasteiger partial charge in [0.05, 0.1) is 12.8 Å². The fourth-order valence-corrected chi connectivity index (χ4v) is 2.74. The number of amides is 2. The highest BCUT2D eigenvalue weighted by Gasteiger charge is 2.22. The molecule has 0 radical (unpaired) electrons. The summed E-state index contributed by atoms with van der Waals surface area (Å²) in [4.78, 5) is 30.6. The molecule has 0 fully saturated rings. The lowest BCUT2D eigenvalue weighted by molar-refractivity contribution is -0.119. The Kier molecular flexibility index (Phi) is 14.0. The molecule has 0 aliphatic heterocycles. The van der Waals surface area contributed by atoms with Crippen LogP contribution in [0.3, 0.4) is 0 Å². The maximum atomic E-state index is 12.1. The van der Waals surface area contributed by atoms with Gasteiger partial charge in [0.1, 0.15) is 17.9 Å². The molecular weight excluding hydrogens is 525 g/mol. The third-order valence-corrected chi connectivity index (χ3v) is 4.39. The van der Waals surface area contributed by atoms with Crippen molar-refractivity contribution in [2.45, 2.75) is 66.2 Å². The van der Waals surface area contributed by atoms with E-state index in [0.717, 1.165) is 0 Å². The molecule has 2 amide bonds. The summed E-state index contributed by atoms with van der Waals surface area (Å²) in [7, 11) is 1.91. The average molecular weight is 565 g/mol. The van der Waals surface area contributed by atoms with Crippen molar-refractivity contribution in [1.29, 1.82) is 0 Å². The third-order valence-electron chi connectivity index (χ3n) is 4.39. The van der Waals surface area contributed by atoms with Crippen LogP contribution in [0.5, 0.6) is 0 Å². The Morgan fingerprint density at radius 3 is 2.47 bits per heavy atom. The zero-order valence-electron chi connectivity index (χ0n) is 20.4. The van der Waals surface area contributed by atoms with Gasteiger partial charge in [0.2, 0.25) is 5.91 Å². The molecule has 0 spiro atoms. The number of carbonyl (C=O) groups excluding carboxylic acids is 2. The average Bonchev–Trinajstić information content (AvgIpc) is 3.18. The molecule has 1 unspecified atom stereocenters. The summed E-state index contributed by atoms with van der Waals surface area (Å²) in [5, 5.41) is 8.94. The maximum absolute atomic E-state index is 12.1. The lowest BCUT2D eigenvalue weighted by Gasteiger charge is -2.28. The summed E-state index contributed by atoms with van der Waals surface area (Å²) in [5.41, 5.74) is -0.537. The SMILES string of the molecule is CCNC(=NCC(=O)NCc1ccco1)N(C)CCC(NC(=O)OC(C)(C)C)C(C)C.I. The van der Waals surface area contributed by atoms with E-state index >= 15 is 0 Å². The van der Waals surface area contributed by atoms with E-state index in [1.807, 2.05) is 39.6 Å². The lowest BCUT2D eigenvalue weighted by atomic mass is 10.0. The van der Waals surface area contributed by atoms with Crippen molar-refractivity contribution in [1.82, 2.24) is 20.9 Å². The number of guanidine groups is 1. The molecule has 1 atom stereocenters. The Morgan fingerprint density at radius 2 is 1.94 bits per heavy atom. The summed E-state index contributed by atoms with van der Waals surface area (Å²) in [6, 6.07) is 3.54. The van der Waals surface area contributed by atoms with Gasteiger partial charge in [-0.05, 0) is 52.2 Å². The fourth-order valence-electron chi connectivity index (χ4n) is 2.74. The van der Waals surface area contributed by atoms with Crippen LogP contribution in [0.1, 0.15) is 53.7 Å². The second-order valence-corrected chi connectivity index (χ2v) is 8.73. The van der Waals surface area contributed by atoms with Gasteiger partial charge in [-0.1, -0.05) is 13.8 Å². The first-order valence-corrected chi connectivity index (χ1v) is 10.8. The van der Waals surface area contributed by atoms with Crippen LogP contribution in [-0.2, 0) is 16.1 Å². The Hall–Kier alpha value is -1.98. The molecule has 3 N–H and O–H groups in total. The number of hydrogen-bond acceptors (Lipinski definition) is 5. The number of aliphatic imine (C=N–C) groups is 1. The molecule has 184 valence electrons. The normalized spacial score (nSPS) is 12.6. The van der Waals surface area contributed by atoms with Gasteiger partial charge in [-0.15, -0.1) is 24.0 Å². The van der Waals surface area contributed by atoms with Crippen LogP contribution in [-0.4, -0.2) is 61.2 Å². The number of halogens is 1. The number of ether oxygens (including phenoxy) is 1. The topological polar surface area (TPSA) is 108 Å². The van der Waals surface area contributed by atoms with E-state index in [0.29, 0.717) is 37.8 Å². The van der Waals surface area contributed by atoms with Gasteiger partial charge >= 0.3 is 6.09 Å². The van der Waals surface area contributed by atoms with Gasteiger partial charge in [0.25, 0.3) is 0 Å². The Balaban J connectivity index is 0.00000961. The first kappa shape index (κ1) is 30.0. The highest BCUT2D eigenvalue weighted by molar-refractivity contribution is 14.0. The number of carbonyl (C=O) groups is 2. The van der Waals surface area contributed by atoms with Crippen LogP contribution in [0.2, 0.25) is 0 Å². The highest BCUT2D eigenvalue weighted by Crippen LogP contribution is 2.11. The molecule has 0 saturated carbocycles. The Labute approximate surface area is 209 Å². The zero-order valence-corrected chi connectivity index (χ0v) is 22.7. The molecule has 0 aliphatic rings. The number of nitrogens with one attached hydrogen (secondary N) is 3. The fraction of sp³-hybridized carbons (Fsp3) is 0.682. The molecule has 1 heterocycles. The number of alkyl carbamates (subject to hydrolysis) is 1. The number of rotatable bonds is 10. The van der Waals surface area contributed by atoms with E-state index in [1.165, 1.54) is 0 Å². The minimum absolute atomic E-state index is 0. The number of hydrogen-bond donors (Lipinski definition) is 3. The summed E-state index contributed by atoms with van der Waals surface area (Å²) in [6.07, 6.45) is 1.87. The van der Waals surface area contributed by atoms with Gasteiger partial charge in [-0.25, -0.2) is 9.79 Å². The summed E-state index contributed by atoms with van der Waals surface area (Å²) in [5.74, 6) is 1.38. The number of furan rings is 1. The van der Waals surface area contributed by atoms with Gasteiger partial charge in [0.15, 0.2) is 5.96 Å². The highest BCUT2D eigenvalue weighted by atomic mass is 127. The van der Waals surface area contributed by atoms with Crippen LogP contribution in [0.4, 0.5) is 4.79 Å². The molecule has 1 rings (SSSR count). The number of nitrogens with zero attached hydrogens (tertiary/aromatic N) is 2. The Bertz CT molecular complexity index is 702. The zero-order chi connectivity index (χ0) is 23.4. The van der Waals surface area contributed by atoms with Gasteiger partial charge in [0, 0.05) is 26.2 Å². The second-order valence-electron chi connectivity index (χ2n) is 8.73. The monoisotopic (exact) mass is 565 g/mol. The molecule has 0 aromatic carbocycles. The first-order valence-electron chi connectivity index (χ1n) is 10.8. The van der Waals surface area contributed by atoms with E-state index < -0.39 is 11.7 Å². The van der Waals surface area contributed by atoms with Crippen LogP contribution in [0.15, 0.2) is 27.8 Å². The summed E-state index contributed by atoms with van der Waals surface area (Å²) >= 11 is 0. The van der Waals surface area contributed by atoms with E-state index in [1.54, 1.807) is 18.4 Å². The molecule has 1 aromatic rings. The molecule has 1 aromatic heterocycles. The lowest BCUT2D eigenvalue weighted by Crippen LogP contribution is -2.45. The van der Waals surface area contributed by atoms with E-state index in [4.69, 9.17) is 9.15 Å². The van der Waals surface area contributed by atoms with Crippen molar-refractivity contribution in [3.63, 3.8) is 0 Å². The van der Waals surface area contributed by atoms with E-state index in [9.17, 15) is 9.59 Å². The van der Waals surface area contributed by atoms with Crippen molar-refractivity contribution < 1.29 is 18.7 Å². The Morgan fingerprint density at radius 1 is 1.25 bits per heavy atom. The van der Waals surface area contributed by atoms with Gasteiger partial charge in [-0.2, -0.15) is 0 Å². The molecule has 10 heteroatoms. The van der Waals surface area contributed by atoms with Crippen molar-refractivity contribution in [2.24, 2.45) is 10.9 Å². The third kappa shape index (κ3) is 12.8. The van der Waals surface area contributed by atoms with Crippen LogP contribution in [0.25, 0.3) is 0 Å². The smallest absolute Gasteiger partial charge is 0.407 e. The van der Waals surface area contributed by atoms with Crippen molar-refractivity contribution in [3.8, 4) is 0 Å². The van der Waals surface area contributed by atoms with Crippen LogP contribution in [0, 0.1) is 5.92 Å². The molecule has 9 nitrogen and oxygen atoms in total. The largest absolute Gasteiger partial charge is 0.467 e. The quantitative estimate of drug-likeness (QED) is 0.228. The van der Waals surface area contributed by atoms with E-state index in [-0.39, 0.29) is 48.4 Å². The van der Waals surface area contributed by atoms with Gasteiger partial charge < -0.3 is 30.0 Å². The molecule has 0 bridgehead atoms. The maximum Gasteiger partial charge on any atom is 0.407 e. The second kappa shape index (κ2) is 15.0. The van der Waals surface area contributed by atoms with Crippen molar-refractivity contribution in [2.75, 3.05) is 26.7 Å². The first-order chi connectivity index (χ1) is 14.5. The van der Waals surface area contributed by atoms with E-state index in [2.05, 4.69) is 34.8 Å². The standard InChI is InChI=1S/C22H39N5O4.HI/c1-8-23-20(25-15-19(28)24-14-17-10-9-13-30-17)27(7)12-11-18(16(2)3)26-21(29)31-22(4,5)6;/h9-10,13,16,18H,8,11-12,14-15H2,1-7H3,(H,23,25)(H,24,28)(H,26,29);1H. The van der Waals surface area contributed by atoms with Crippen LogP contribution >= 0.6 is 24.0 Å². The molecular formula is C22H40IN5O4. The predicted octanol–water partition coefficient (Wildman–Crippen LogP) is 3.35. The summed E-state index contributed by atoms with van der Waals surface area (Å²) < 4.78 is 10.6. The molecule has 0 aliphatic carbocycles. The minimum atomic E-state index is -0.537. The van der Waals surface area contributed by atoms with Crippen molar-refractivity contribution in [3.05, 3.63) is 24.2 Å². The van der Waals surface area contributed by atoms with Crippen LogP contribution < -0.4 is 16.0 Å². The molecule has 32 heavy (non-hydrogen) atoms. The van der Waals surface area contributed by atoms with Gasteiger partial charge in [-0.3, -0.25) is 4.79 Å². The van der Waals surface area contributed by atoms with Crippen molar-refractivity contribution >= 4 is 41.9 Å². The summed E-state index contributed by atoms with van der Waals surface area (Å²) in [6.45, 7) is 13.3. The predicted molar refractivity (Wildman–Crippen MR) is 137 cm³/mol. The minimum Gasteiger partial charge on any atom is -0.467 e.